The summed E-state index contributed by atoms with van der Waals surface area (Å²) >= 11 is 7.90. The Morgan fingerprint density at radius 2 is 1.92 bits per heavy atom. The molecule has 202 valence electrons. The smallest absolute Gasteiger partial charge is 0.255 e. The average molecular weight is 574 g/mol. The van der Waals surface area contributed by atoms with E-state index < -0.39 is 24.6 Å². The summed E-state index contributed by atoms with van der Waals surface area (Å²) in [6.45, 7) is 1.08. The second-order valence-corrected chi connectivity index (χ2v) is 11.7. The van der Waals surface area contributed by atoms with Gasteiger partial charge in [-0.2, -0.15) is 5.26 Å². The number of nitrogen functional groups attached to an aromatic ring is 1. The molecule has 1 fully saturated rings. The van der Waals surface area contributed by atoms with E-state index in [-0.39, 0.29) is 65.9 Å². The number of hydrogen-bond acceptors (Lipinski definition) is 6. The Morgan fingerprint density at radius 1 is 1.18 bits per heavy atom. The van der Waals surface area contributed by atoms with Gasteiger partial charge >= 0.3 is 0 Å². The van der Waals surface area contributed by atoms with Crippen LogP contribution in [0.25, 0.3) is 32.1 Å². The third-order valence-electron chi connectivity index (χ3n) is 8.06. The highest BCUT2D eigenvalue weighted by Gasteiger charge is 2.37. The maximum Gasteiger partial charge on any atom is 0.255 e. The third-order valence-corrected chi connectivity index (χ3v) is 9.50. The molecule has 11 heteroatoms. The van der Waals surface area contributed by atoms with E-state index in [1.54, 1.807) is 11.8 Å². The quantitative estimate of drug-likeness (QED) is 0.252. The molecule has 0 bridgehead atoms. The minimum atomic E-state index is -2.61. The maximum absolute atomic E-state index is 16.6. The minimum Gasteiger partial charge on any atom is -0.389 e. The lowest BCUT2D eigenvalue weighted by atomic mass is 9.90. The first-order chi connectivity index (χ1) is 18.7. The van der Waals surface area contributed by atoms with E-state index in [1.165, 1.54) is 12.1 Å². The van der Waals surface area contributed by atoms with Crippen LogP contribution in [0.3, 0.4) is 0 Å². The van der Waals surface area contributed by atoms with Crippen molar-refractivity contribution in [3.63, 3.8) is 0 Å². The Kier molecular flexibility index (Phi) is 6.55. The van der Waals surface area contributed by atoms with Crippen LogP contribution in [0, 0.1) is 35.8 Å². The first-order valence-corrected chi connectivity index (χ1v) is 14.0. The topological polar surface area (TPSA) is 78.8 Å². The fourth-order valence-corrected chi connectivity index (χ4v) is 7.79. The molecule has 0 radical (unpaired) electrons. The van der Waals surface area contributed by atoms with Gasteiger partial charge in [-0.25, -0.2) is 27.5 Å². The molecule has 4 aromatic rings. The highest BCUT2D eigenvalue weighted by molar-refractivity contribution is 7.23. The van der Waals surface area contributed by atoms with Gasteiger partial charge in [-0.3, -0.25) is 0 Å². The van der Waals surface area contributed by atoms with Crippen LogP contribution in [0.15, 0.2) is 12.1 Å². The van der Waals surface area contributed by atoms with E-state index in [0.29, 0.717) is 23.8 Å². The van der Waals surface area contributed by atoms with E-state index in [9.17, 15) is 18.4 Å². The number of nitrogens with zero attached hydrogens (tertiary/aromatic N) is 4. The van der Waals surface area contributed by atoms with E-state index in [1.807, 2.05) is 6.07 Å². The molecule has 2 aromatic heterocycles. The Bertz CT molecular complexity index is 1680. The molecule has 2 aliphatic rings. The van der Waals surface area contributed by atoms with Crippen LogP contribution >= 0.6 is 22.9 Å². The predicted octanol–water partition coefficient (Wildman–Crippen LogP) is 7.78. The van der Waals surface area contributed by atoms with Gasteiger partial charge in [-0.05, 0) is 55.7 Å². The summed E-state index contributed by atoms with van der Waals surface area (Å²) in [5.41, 5.74) is 6.82. The SMILES string of the molecule is Cc1nc2c3c(c(Cl)c(-c4ccc(F)c5sc(N)c(C#N)c45)c(F)c3n1)CCC(C1CCCC1)N2CC(F)F. The van der Waals surface area contributed by atoms with Crippen molar-refractivity contribution in [3.05, 3.63) is 45.7 Å². The van der Waals surface area contributed by atoms with Crippen molar-refractivity contribution in [3.8, 4) is 17.2 Å². The second kappa shape index (κ2) is 9.79. The normalized spacial score (nSPS) is 17.9. The fraction of sp³-hybridized carbons (Fsp3) is 0.393. The molecule has 1 saturated carbocycles. The molecular formula is C28H24ClF4N5S. The highest BCUT2D eigenvalue weighted by atomic mass is 35.5. The number of halogens is 5. The van der Waals surface area contributed by atoms with E-state index in [0.717, 1.165) is 37.0 Å². The largest absolute Gasteiger partial charge is 0.389 e. The van der Waals surface area contributed by atoms with Crippen LogP contribution in [-0.4, -0.2) is 29.0 Å². The zero-order chi connectivity index (χ0) is 27.6. The Morgan fingerprint density at radius 3 is 2.62 bits per heavy atom. The van der Waals surface area contributed by atoms with Gasteiger partial charge in [0.25, 0.3) is 6.43 Å². The van der Waals surface area contributed by atoms with Crippen molar-refractivity contribution in [2.45, 2.75) is 57.9 Å². The van der Waals surface area contributed by atoms with Crippen molar-refractivity contribution in [1.82, 2.24) is 9.97 Å². The van der Waals surface area contributed by atoms with Crippen LogP contribution in [0.1, 0.15) is 49.1 Å². The molecular weight excluding hydrogens is 550 g/mol. The van der Waals surface area contributed by atoms with Gasteiger partial charge in [0.05, 0.1) is 27.2 Å². The number of alkyl halides is 2. The number of nitrogens with two attached hydrogens (primary N) is 1. The van der Waals surface area contributed by atoms with Crippen LogP contribution in [0.4, 0.5) is 28.4 Å². The maximum atomic E-state index is 16.6. The van der Waals surface area contributed by atoms with E-state index >= 15 is 4.39 Å². The van der Waals surface area contributed by atoms with Crippen LogP contribution in [0.2, 0.25) is 5.02 Å². The molecule has 3 heterocycles. The molecule has 1 aliphatic heterocycles. The molecule has 1 unspecified atom stereocenters. The Hall–Kier alpha value is -3.16. The number of fused-ring (bicyclic) bond motifs is 1. The number of anilines is 2. The molecule has 0 amide bonds. The standard InChI is InChI=1S/C28H24ClF4N5S/c1-12-36-25-22-15(7-9-18(13-4-2-3-5-13)38(11-19(31)32)28(22)37-12)23(29)21(24(25)33)14-6-8-17(30)26-20(14)16(10-34)27(35)39-26/h6,8,13,18-19H,2-5,7,9,11,35H2,1H3. The summed E-state index contributed by atoms with van der Waals surface area (Å²) in [4.78, 5) is 10.6. The number of benzene rings is 2. The lowest BCUT2D eigenvalue weighted by Gasteiger charge is -2.35. The summed E-state index contributed by atoms with van der Waals surface area (Å²) < 4.78 is 59.3. The van der Waals surface area contributed by atoms with Crippen molar-refractivity contribution in [1.29, 1.82) is 5.26 Å². The molecule has 0 saturated heterocycles. The van der Waals surface area contributed by atoms with Gasteiger partial charge in [-0.1, -0.05) is 30.5 Å². The zero-order valence-corrected chi connectivity index (χ0v) is 22.6. The summed E-state index contributed by atoms with van der Waals surface area (Å²) in [5.74, 6) is -0.622. The summed E-state index contributed by atoms with van der Waals surface area (Å²) in [7, 11) is 0. The zero-order valence-electron chi connectivity index (χ0n) is 21.0. The van der Waals surface area contributed by atoms with Gasteiger partial charge in [0.2, 0.25) is 0 Å². The summed E-state index contributed by atoms with van der Waals surface area (Å²) in [5, 5.41) is 10.5. The second-order valence-electron chi connectivity index (χ2n) is 10.2. The monoisotopic (exact) mass is 573 g/mol. The van der Waals surface area contributed by atoms with Gasteiger partial charge in [0.15, 0.2) is 5.82 Å². The van der Waals surface area contributed by atoms with Gasteiger partial charge in [-0.15, -0.1) is 11.3 Å². The molecule has 1 atom stereocenters. The van der Waals surface area contributed by atoms with Crippen molar-refractivity contribution in [2.24, 2.45) is 5.92 Å². The molecule has 1 aliphatic carbocycles. The van der Waals surface area contributed by atoms with Crippen LogP contribution in [-0.2, 0) is 6.42 Å². The number of aryl methyl sites for hydroxylation is 2. The fourth-order valence-electron chi connectivity index (χ4n) is 6.47. The molecule has 0 spiro atoms. The molecule has 6 rings (SSSR count). The van der Waals surface area contributed by atoms with Crippen molar-refractivity contribution < 1.29 is 17.6 Å². The highest BCUT2D eigenvalue weighted by Crippen LogP contribution is 2.49. The number of thiophene rings is 1. The number of hydrogen-bond donors (Lipinski definition) is 1. The van der Waals surface area contributed by atoms with Crippen molar-refractivity contribution >= 4 is 54.7 Å². The first kappa shape index (κ1) is 26.1. The Labute approximate surface area is 231 Å². The number of nitriles is 1. The van der Waals surface area contributed by atoms with Crippen LogP contribution < -0.4 is 10.6 Å². The number of rotatable bonds is 4. The average Bonchev–Trinajstić information content (AvgIpc) is 3.51. The van der Waals surface area contributed by atoms with E-state index in [4.69, 9.17) is 17.3 Å². The third kappa shape index (κ3) is 4.09. The molecule has 39 heavy (non-hydrogen) atoms. The van der Waals surface area contributed by atoms with Crippen molar-refractivity contribution in [2.75, 3.05) is 17.2 Å². The number of aromatic nitrogens is 2. The van der Waals surface area contributed by atoms with Gasteiger partial charge in [0, 0.05) is 17.0 Å². The Balaban J connectivity index is 1.67. The van der Waals surface area contributed by atoms with Gasteiger partial charge in [0.1, 0.15) is 34.0 Å². The van der Waals surface area contributed by atoms with E-state index in [2.05, 4.69) is 9.97 Å². The molecule has 2 N–H and O–H groups in total. The summed E-state index contributed by atoms with van der Waals surface area (Å²) in [6, 6.07) is 4.40. The molecule has 5 nitrogen and oxygen atoms in total. The predicted molar refractivity (Wildman–Crippen MR) is 147 cm³/mol. The lowest BCUT2D eigenvalue weighted by Crippen LogP contribution is -2.43. The molecule has 2 aromatic carbocycles. The summed E-state index contributed by atoms with van der Waals surface area (Å²) in [6.07, 6.45) is 2.29. The lowest BCUT2D eigenvalue weighted by molar-refractivity contribution is 0.148. The van der Waals surface area contributed by atoms with Gasteiger partial charge < -0.3 is 10.6 Å². The minimum absolute atomic E-state index is 0.0118. The van der Waals surface area contributed by atoms with Crippen LogP contribution in [0.5, 0.6) is 0 Å². The first-order valence-electron chi connectivity index (χ1n) is 12.8.